The number of nitrogens with one attached hydrogen (secondary N) is 1. The van der Waals surface area contributed by atoms with Gasteiger partial charge in [0.05, 0.1) is 23.3 Å². The van der Waals surface area contributed by atoms with E-state index in [1.165, 1.54) is 11.3 Å². The fourth-order valence-corrected chi connectivity index (χ4v) is 4.11. The lowest BCUT2D eigenvalue weighted by Gasteiger charge is -2.27. The predicted octanol–water partition coefficient (Wildman–Crippen LogP) is 4.84. The molecule has 2 heterocycles. The van der Waals surface area contributed by atoms with E-state index in [1.807, 2.05) is 0 Å². The second-order valence-electron chi connectivity index (χ2n) is 6.61. The smallest absolute Gasteiger partial charge is 0.275 e. The van der Waals surface area contributed by atoms with Gasteiger partial charge in [-0.3, -0.25) is 9.59 Å². The van der Waals surface area contributed by atoms with Crippen LogP contribution in [-0.4, -0.2) is 48.0 Å². The maximum Gasteiger partial charge on any atom is 0.275 e. The molecule has 1 saturated heterocycles. The second-order valence-corrected chi connectivity index (χ2v) is 8.28. The molecule has 6 nitrogen and oxygen atoms in total. The molecular formula is C21H17Cl2N3O3S. The second kappa shape index (κ2) is 9.14. The number of carbonyl (C=O) groups is 2. The van der Waals surface area contributed by atoms with E-state index in [1.54, 1.807) is 52.7 Å². The van der Waals surface area contributed by atoms with Crippen molar-refractivity contribution in [3.05, 3.63) is 69.1 Å². The first kappa shape index (κ1) is 20.8. The highest BCUT2D eigenvalue weighted by Crippen LogP contribution is 2.30. The van der Waals surface area contributed by atoms with Crippen LogP contribution in [0.25, 0.3) is 10.6 Å². The molecule has 1 N–H and O–H groups in total. The van der Waals surface area contributed by atoms with E-state index in [-0.39, 0.29) is 17.5 Å². The average molecular weight is 462 g/mol. The van der Waals surface area contributed by atoms with Crippen LogP contribution in [-0.2, 0) is 4.74 Å². The van der Waals surface area contributed by atoms with Crippen molar-refractivity contribution in [3.63, 3.8) is 0 Å². The zero-order valence-electron chi connectivity index (χ0n) is 15.7. The molecule has 1 aliphatic rings. The molecule has 0 bridgehead atoms. The summed E-state index contributed by atoms with van der Waals surface area (Å²) in [7, 11) is 0. The van der Waals surface area contributed by atoms with Crippen molar-refractivity contribution in [1.29, 1.82) is 0 Å². The van der Waals surface area contributed by atoms with E-state index < -0.39 is 0 Å². The lowest BCUT2D eigenvalue weighted by molar-refractivity contribution is 0.0303. The first-order valence-electron chi connectivity index (χ1n) is 9.20. The quantitative estimate of drug-likeness (QED) is 0.602. The molecule has 1 fully saturated rings. The van der Waals surface area contributed by atoms with Gasteiger partial charge in [-0.1, -0.05) is 35.3 Å². The minimum atomic E-state index is -0.353. The van der Waals surface area contributed by atoms with E-state index in [2.05, 4.69) is 10.3 Å². The number of morpholine rings is 1. The molecule has 0 atom stereocenters. The Morgan fingerprint density at radius 3 is 2.63 bits per heavy atom. The lowest BCUT2D eigenvalue weighted by Crippen LogP contribution is -2.40. The molecule has 0 unspecified atom stereocenters. The summed E-state index contributed by atoms with van der Waals surface area (Å²) in [5.74, 6) is -0.432. The number of hydrogen-bond acceptors (Lipinski definition) is 5. The van der Waals surface area contributed by atoms with Crippen LogP contribution in [0.2, 0.25) is 10.0 Å². The highest BCUT2D eigenvalue weighted by molar-refractivity contribution is 7.13. The Hall–Kier alpha value is -2.45. The Balaban J connectivity index is 1.47. The molecule has 154 valence electrons. The van der Waals surface area contributed by atoms with Crippen LogP contribution in [0.15, 0.2) is 47.8 Å². The molecule has 0 saturated carbocycles. The van der Waals surface area contributed by atoms with Crippen LogP contribution < -0.4 is 5.32 Å². The third-order valence-corrected chi connectivity index (χ3v) is 6.20. The van der Waals surface area contributed by atoms with Crippen LogP contribution in [0.5, 0.6) is 0 Å². The monoisotopic (exact) mass is 461 g/mol. The number of benzene rings is 2. The van der Waals surface area contributed by atoms with Gasteiger partial charge in [0.25, 0.3) is 11.8 Å². The zero-order chi connectivity index (χ0) is 21.1. The number of hydrogen-bond donors (Lipinski definition) is 1. The van der Waals surface area contributed by atoms with Gasteiger partial charge >= 0.3 is 0 Å². The van der Waals surface area contributed by atoms with Crippen LogP contribution in [0.1, 0.15) is 20.8 Å². The van der Waals surface area contributed by atoms with Crippen LogP contribution in [0.3, 0.4) is 0 Å². The molecule has 9 heteroatoms. The minimum absolute atomic E-state index is 0.0787. The van der Waals surface area contributed by atoms with Crippen molar-refractivity contribution < 1.29 is 14.3 Å². The Kier molecular flexibility index (Phi) is 6.34. The molecule has 4 rings (SSSR count). The van der Waals surface area contributed by atoms with Crippen molar-refractivity contribution >= 4 is 52.0 Å². The van der Waals surface area contributed by atoms with Crippen molar-refractivity contribution in [2.45, 2.75) is 0 Å². The number of rotatable bonds is 4. The maximum absolute atomic E-state index is 12.6. The largest absolute Gasteiger partial charge is 0.378 e. The molecule has 3 aromatic rings. The van der Waals surface area contributed by atoms with Gasteiger partial charge in [0, 0.05) is 35.3 Å². The molecule has 1 aromatic heterocycles. The Morgan fingerprint density at radius 1 is 1.07 bits per heavy atom. The topological polar surface area (TPSA) is 71.5 Å². The van der Waals surface area contributed by atoms with E-state index in [4.69, 9.17) is 27.9 Å². The molecule has 2 aromatic carbocycles. The van der Waals surface area contributed by atoms with Crippen LogP contribution >= 0.6 is 34.5 Å². The molecule has 1 aliphatic heterocycles. The van der Waals surface area contributed by atoms with Crippen molar-refractivity contribution in [3.8, 4) is 10.6 Å². The summed E-state index contributed by atoms with van der Waals surface area (Å²) in [5.41, 5.74) is 2.12. The summed E-state index contributed by atoms with van der Waals surface area (Å²) in [6, 6.07) is 12.1. The lowest BCUT2D eigenvalue weighted by atomic mass is 10.1. The third kappa shape index (κ3) is 4.65. The first-order chi connectivity index (χ1) is 14.5. The Bertz CT molecular complexity index is 1100. The van der Waals surface area contributed by atoms with Gasteiger partial charge in [-0.05, 0) is 30.3 Å². The van der Waals surface area contributed by atoms with Crippen molar-refractivity contribution in [1.82, 2.24) is 9.88 Å². The minimum Gasteiger partial charge on any atom is -0.378 e. The summed E-state index contributed by atoms with van der Waals surface area (Å²) >= 11 is 13.4. The fraction of sp³-hybridized carbons (Fsp3) is 0.190. The summed E-state index contributed by atoms with van der Waals surface area (Å²) < 4.78 is 5.29. The molecule has 0 spiro atoms. The number of ether oxygens (including phenoxy) is 1. The maximum atomic E-state index is 12.6. The van der Waals surface area contributed by atoms with Gasteiger partial charge < -0.3 is 15.0 Å². The first-order valence-corrected chi connectivity index (χ1v) is 10.8. The van der Waals surface area contributed by atoms with Crippen molar-refractivity contribution in [2.75, 3.05) is 31.6 Å². The number of halogens is 2. The van der Waals surface area contributed by atoms with Gasteiger partial charge in [0.2, 0.25) is 0 Å². The van der Waals surface area contributed by atoms with Crippen LogP contribution in [0.4, 0.5) is 5.69 Å². The fourth-order valence-electron chi connectivity index (χ4n) is 3.01. The highest BCUT2D eigenvalue weighted by Gasteiger charge is 2.19. The summed E-state index contributed by atoms with van der Waals surface area (Å²) in [6.45, 7) is 2.19. The predicted molar refractivity (Wildman–Crippen MR) is 119 cm³/mol. The molecule has 0 aliphatic carbocycles. The van der Waals surface area contributed by atoms with E-state index >= 15 is 0 Å². The van der Waals surface area contributed by atoms with E-state index in [0.717, 1.165) is 5.56 Å². The van der Waals surface area contributed by atoms with Gasteiger partial charge in [-0.25, -0.2) is 4.98 Å². The number of amides is 2. The number of anilines is 1. The molecule has 0 radical (unpaired) electrons. The highest BCUT2D eigenvalue weighted by atomic mass is 35.5. The van der Waals surface area contributed by atoms with Crippen molar-refractivity contribution in [2.24, 2.45) is 0 Å². The van der Waals surface area contributed by atoms with E-state index in [9.17, 15) is 9.59 Å². The number of thiazole rings is 1. The normalized spacial score (nSPS) is 13.9. The molecule has 2 amide bonds. The van der Waals surface area contributed by atoms with Gasteiger partial charge in [-0.15, -0.1) is 11.3 Å². The summed E-state index contributed by atoms with van der Waals surface area (Å²) in [5, 5.41) is 6.03. The van der Waals surface area contributed by atoms with E-state index in [0.29, 0.717) is 52.6 Å². The average Bonchev–Trinajstić information content (AvgIpc) is 3.26. The Morgan fingerprint density at radius 2 is 1.87 bits per heavy atom. The summed E-state index contributed by atoms with van der Waals surface area (Å²) in [4.78, 5) is 31.4. The van der Waals surface area contributed by atoms with Gasteiger partial charge in [0.1, 0.15) is 10.7 Å². The third-order valence-electron chi connectivity index (χ3n) is 4.57. The number of aromatic nitrogens is 1. The number of carbonyl (C=O) groups excluding carboxylic acids is 2. The van der Waals surface area contributed by atoms with Gasteiger partial charge in [0.15, 0.2) is 0 Å². The van der Waals surface area contributed by atoms with Crippen LogP contribution in [0, 0.1) is 0 Å². The standard InChI is InChI=1S/C21H17Cl2N3O3S/c22-16-5-4-13(11-17(16)23)20-25-18(12-30-20)19(27)24-15-3-1-2-14(10-15)21(28)26-6-8-29-9-7-26/h1-5,10-12H,6-9H2,(H,24,27). The Labute approximate surface area is 187 Å². The van der Waals surface area contributed by atoms with Gasteiger partial charge in [-0.2, -0.15) is 0 Å². The SMILES string of the molecule is O=C(Nc1cccc(C(=O)N2CCOCC2)c1)c1csc(-c2ccc(Cl)c(Cl)c2)n1. The zero-order valence-corrected chi connectivity index (χ0v) is 18.1. The molecular weight excluding hydrogens is 445 g/mol. The summed E-state index contributed by atoms with van der Waals surface area (Å²) in [6.07, 6.45) is 0. The number of nitrogens with zero attached hydrogens (tertiary/aromatic N) is 2. The molecule has 30 heavy (non-hydrogen) atoms.